The minimum atomic E-state index is 0.0844. The van der Waals surface area contributed by atoms with Crippen LogP contribution >= 0.6 is 22.9 Å². The minimum absolute atomic E-state index is 0.0844. The highest BCUT2D eigenvalue weighted by atomic mass is 35.5. The van der Waals surface area contributed by atoms with Crippen molar-refractivity contribution in [2.24, 2.45) is 7.05 Å². The molecule has 17 heavy (non-hydrogen) atoms. The van der Waals surface area contributed by atoms with Gasteiger partial charge in [-0.3, -0.25) is 0 Å². The Morgan fingerprint density at radius 3 is 2.88 bits per heavy atom. The Bertz CT molecular complexity index is 439. The van der Waals surface area contributed by atoms with Crippen LogP contribution in [0.2, 0.25) is 4.34 Å². The molecule has 4 nitrogen and oxygen atoms in total. The van der Waals surface area contributed by atoms with Gasteiger partial charge in [-0.05, 0) is 25.1 Å². The lowest BCUT2D eigenvalue weighted by Crippen LogP contribution is -2.22. The molecule has 1 atom stereocenters. The predicted molar refractivity (Wildman–Crippen MR) is 70.5 cm³/mol. The topological polar surface area (TPSA) is 42.7 Å². The van der Waals surface area contributed by atoms with Gasteiger partial charge in [-0.25, -0.2) is 0 Å². The Morgan fingerprint density at radius 1 is 1.53 bits per heavy atom. The normalized spacial score (nSPS) is 12.9. The number of aryl methyl sites for hydroxylation is 1. The highest BCUT2D eigenvalue weighted by Gasteiger charge is 2.18. The Morgan fingerprint density at radius 2 is 2.35 bits per heavy atom. The van der Waals surface area contributed by atoms with Crippen molar-refractivity contribution >= 4 is 22.9 Å². The van der Waals surface area contributed by atoms with Crippen molar-refractivity contribution in [2.45, 2.75) is 19.4 Å². The molecule has 0 spiro atoms. The van der Waals surface area contributed by atoms with E-state index in [-0.39, 0.29) is 6.04 Å². The monoisotopic (exact) mass is 270 g/mol. The lowest BCUT2D eigenvalue weighted by molar-refractivity contribution is 0.574. The van der Waals surface area contributed by atoms with E-state index in [2.05, 4.69) is 22.4 Å². The van der Waals surface area contributed by atoms with Crippen LogP contribution in [0.15, 0.2) is 18.3 Å². The molecule has 0 bridgehead atoms. The largest absolute Gasteiger partial charge is 0.304 e. The van der Waals surface area contributed by atoms with Crippen molar-refractivity contribution in [3.8, 4) is 0 Å². The van der Waals surface area contributed by atoms with E-state index in [9.17, 15) is 0 Å². The van der Waals surface area contributed by atoms with Crippen molar-refractivity contribution in [1.29, 1.82) is 0 Å². The maximum atomic E-state index is 5.98. The van der Waals surface area contributed by atoms with Gasteiger partial charge in [-0.15, -0.1) is 11.3 Å². The third-order valence-corrected chi connectivity index (χ3v) is 3.69. The number of hydrogen-bond donors (Lipinski definition) is 1. The van der Waals surface area contributed by atoms with Gasteiger partial charge in [0.05, 0.1) is 16.6 Å². The molecule has 0 aromatic carbocycles. The van der Waals surface area contributed by atoms with E-state index in [1.54, 1.807) is 22.3 Å². The molecule has 2 aromatic rings. The van der Waals surface area contributed by atoms with Crippen molar-refractivity contribution in [3.05, 3.63) is 33.2 Å². The zero-order valence-corrected chi connectivity index (χ0v) is 11.4. The molecule has 1 unspecified atom stereocenters. The molecule has 0 aliphatic heterocycles. The number of hydrogen-bond acceptors (Lipinski definition) is 4. The van der Waals surface area contributed by atoms with Crippen LogP contribution in [0, 0.1) is 0 Å². The summed E-state index contributed by atoms with van der Waals surface area (Å²) in [5, 5.41) is 11.9. The molecule has 0 radical (unpaired) electrons. The lowest BCUT2D eigenvalue weighted by atomic mass is 10.2. The van der Waals surface area contributed by atoms with Gasteiger partial charge in [0.2, 0.25) is 0 Å². The third kappa shape index (κ3) is 3.06. The predicted octanol–water partition coefficient (Wildman–Crippen LogP) is 2.62. The average molecular weight is 271 g/mol. The van der Waals surface area contributed by atoms with Gasteiger partial charge >= 0.3 is 0 Å². The Kier molecular flexibility index (Phi) is 4.15. The van der Waals surface area contributed by atoms with E-state index in [1.165, 1.54) is 4.88 Å². The summed E-state index contributed by atoms with van der Waals surface area (Å²) in [6.07, 6.45) is 2.87. The molecule has 0 saturated carbocycles. The second-order valence-electron chi connectivity index (χ2n) is 3.79. The van der Waals surface area contributed by atoms with E-state index in [4.69, 9.17) is 11.6 Å². The maximum absolute atomic E-state index is 5.98. The van der Waals surface area contributed by atoms with Gasteiger partial charge in [-0.2, -0.15) is 15.0 Å². The zero-order chi connectivity index (χ0) is 12.3. The van der Waals surface area contributed by atoms with E-state index in [0.717, 1.165) is 23.0 Å². The fourth-order valence-electron chi connectivity index (χ4n) is 1.62. The van der Waals surface area contributed by atoms with Gasteiger partial charge in [0.15, 0.2) is 0 Å². The van der Waals surface area contributed by atoms with Crippen LogP contribution in [0.5, 0.6) is 0 Å². The molecule has 0 amide bonds. The highest BCUT2D eigenvalue weighted by Crippen LogP contribution is 2.29. The summed E-state index contributed by atoms with van der Waals surface area (Å²) in [6.45, 7) is 3.08. The first-order valence-electron chi connectivity index (χ1n) is 5.55. The molecule has 2 rings (SSSR count). The zero-order valence-electron chi connectivity index (χ0n) is 9.85. The highest BCUT2D eigenvalue weighted by molar-refractivity contribution is 7.16. The number of nitrogens with zero attached hydrogens (tertiary/aromatic N) is 3. The molecule has 0 aliphatic rings. The quantitative estimate of drug-likeness (QED) is 0.908. The van der Waals surface area contributed by atoms with Crippen molar-refractivity contribution in [1.82, 2.24) is 20.3 Å². The third-order valence-electron chi connectivity index (χ3n) is 2.39. The van der Waals surface area contributed by atoms with Crippen LogP contribution in [0.1, 0.15) is 30.0 Å². The average Bonchev–Trinajstić information content (AvgIpc) is 2.89. The Balaban J connectivity index is 2.24. The molecule has 0 fully saturated rings. The Labute approximate surface area is 110 Å². The molecule has 92 valence electrons. The van der Waals surface area contributed by atoms with Crippen LogP contribution in [0.4, 0.5) is 0 Å². The second-order valence-corrected chi connectivity index (χ2v) is 5.53. The van der Waals surface area contributed by atoms with Gasteiger partial charge in [0.1, 0.15) is 5.69 Å². The van der Waals surface area contributed by atoms with E-state index >= 15 is 0 Å². The second kappa shape index (κ2) is 5.62. The summed E-state index contributed by atoms with van der Waals surface area (Å²) in [6, 6.07) is 4.04. The summed E-state index contributed by atoms with van der Waals surface area (Å²) < 4.78 is 0.798. The molecule has 0 saturated heterocycles. The molecule has 2 heterocycles. The molecule has 1 N–H and O–H groups in total. The van der Waals surface area contributed by atoms with E-state index < -0.39 is 0 Å². The summed E-state index contributed by atoms with van der Waals surface area (Å²) in [7, 11) is 1.82. The fraction of sp³-hybridized carbons (Fsp3) is 0.455. The van der Waals surface area contributed by atoms with E-state index in [0.29, 0.717) is 0 Å². The van der Waals surface area contributed by atoms with Crippen molar-refractivity contribution < 1.29 is 0 Å². The van der Waals surface area contributed by atoms with Gasteiger partial charge in [0.25, 0.3) is 0 Å². The molecular formula is C11H15ClN4S. The first-order chi connectivity index (χ1) is 8.20. The number of aromatic nitrogens is 3. The molecule has 6 heteroatoms. The van der Waals surface area contributed by atoms with Gasteiger partial charge in [0, 0.05) is 11.9 Å². The van der Waals surface area contributed by atoms with Crippen molar-refractivity contribution in [3.63, 3.8) is 0 Å². The summed E-state index contributed by atoms with van der Waals surface area (Å²) in [4.78, 5) is 2.74. The summed E-state index contributed by atoms with van der Waals surface area (Å²) >= 11 is 7.56. The SMILES string of the molecule is CCCNC(c1cnn(C)n1)c1ccc(Cl)s1. The van der Waals surface area contributed by atoms with Crippen LogP contribution < -0.4 is 5.32 Å². The maximum Gasteiger partial charge on any atom is 0.105 e. The minimum Gasteiger partial charge on any atom is -0.304 e. The number of nitrogens with one attached hydrogen (secondary N) is 1. The number of thiophene rings is 1. The number of halogens is 1. The lowest BCUT2D eigenvalue weighted by Gasteiger charge is -2.13. The van der Waals surface area contributed by atoms with Crippen LogP contribution in [0.3, 0.4) is 0 Å². The number of rotatable bonds is 5. The standard InChI is InChI=1S/C11H15ClN4S/c1-3-6-13-11(8-7-14-16(2)15-8)9-4-5-10(12)17-9/h4-5,7,11,13H,3,6H2,1-2H3. The Hall–Kier alpha value is -0.910. The summed E-state index contributed by atoms with van der Waals surface area (Å²) in [5.41, 5.74) is 0.930. The molecule has 2 aromatic heterocycles. The van der Waals surface area contributed by atoms with Crippen LogP contribution in [-0.2, 0) is 7.05 Å². The molecular weight excluding hydrogens is 256 g/mol. The van der Waals surface area contributed by atoms with Crippen LogP contribution in [-0.4, -0.2) is 21.5 Å². The smallest absolute Gasteiger partial charge is 0.105 e. The van der Waals surface area contributed by atoms with E-state index in [1.807, 2.05) is 19.2 Å². The van der Waals surface area contributed by atoms with Gasteiger partial charge in [-0.1, -0.05) is 18.5 Å². The first kappa shape index (κ1) is 12.5. The molecule has 0 aliphatic carbocycles. The fourth-order valence-corrected chi connectivity index (χ4v) is 2.77. The van der Waals surface area contributed by atoms with Crippen molar-refractivity contribution in [2.75, 3.05) is 6.54 Å². The first-order valence-corrected chi connectivity index (χ1v) is 6.75. The van der Waals surface area contributed by atoms with Crippen LogP contribution in [0.25, 0.3) is 0 Å². The summed E-state index contributed by atoms with van der Waals surface area (Å²) in [5.74, 6) is 0. The van der Waals surface area contributed by atoms with Gasteiger partial charge < -0.3 is 5.32 Å².